The Hall–Kier alpha value is -1.55. The Morgan fingerprint density at radius 1 is 1.35 bits per heavy atom. The summed E-state index contributed by atoms with van der Waals surface area (Å²) in [5, 5.41) is 0.816. The van der Waals surface area contributed by atoms with E-state index in [-0.39, 0.29) is 11.1 Å². The lowest BCUT2D eigenvalue weighted by Gasteiger charge is -2.04. The van der Waals surface area contributed by atoms with Gasteiger partial charge in [-0.05, 0) is 18.6 Å². The van der Waals surface area contributed by atoms with E-state index in [2.05, 4.69) is 0 Å². The fourth-order valence-corrected chi connectivity index (χ4v) is 1.81. The van der Waals surface area contributed by atoms with Gasteiger partial charge in [0.05, 0.1) is 5.39 Å². The summed E-state index contributed by atoms with van der Waals surface area (Å²) in [7, 11) is 0. The number of halogens is 1. The Kier molecular flexibility index (Phi) is 3.33. The van der Waals surface area contributed by atoms with Crippen LogP contribution in [0, 0.1) is 0 Å². The largest absolute Gasteiger partial charge is 0.422 e. The minimum atomic E-state index is -0.627. The molecular weight excluding hydrogens is 242 g/mol. The third kappa shape index (κ3) is 2.26. The van der Waals surface area contributed by atoms with E-state index in [0.717, 1.165) is 17.4 Å². The van der Waals surface area contributed by atoms with Crippen molar-refractivity contribution in [3.05, 3.63) is 44.1 Å². The van der Waals surface area contributed by atoms with Gasteiger partial charge in [0.1, 0.15) is 5.58 Å². The number of hydrogen-bond donors (Lipinski definition) is 0. The maximum absolute atomic E-state index is 12.0. The van der Waals surface area contributed by atoms with Crippen LogP contribution in [0.25, 0.3) is 11.0 Å². The highest BCUT2D eigenvalue weighted by Crippen LogP contribution is 2.14. The molecule has 0 aliphatic heterocycles. The number of aromatic nitrogens is 1. The molecule has 0 N–H and O–H groups in total. The molecule has 2 aromatic rings. The molecule has 1 heterocycles. The van der Waals surface area contributed by atoms with Crippen molar-refractivity contribution < 1.29 is 4.42 Å². The molecule has 0 saturated heterocycles. The lowest BCUT2D eigenvalue weighted by Crippen LogP contribution is -2.32. The lowest BCUT2D eigenvalue weighted by molar-refractivity contribution is 0.447. The number of hydrogen-bond acceptors (Lipinski definition) is 3. The van der Waals surface area contributed by atoms with E-state index in [1.54, 1.807) is 12.1 Å². The topological polar surface area (TPSA) is 52.2 Å². The first-order valence-electron chi connectivity index (χ1n) is 5.46. The third-order valence-corrected chi connectivity index (χ3v) is 2.81. The third-order valence-electron chi connectivity index (χ3n) is 2.57. The van der Waals surface area contributed by atoms with E-state index < -0.39 is 5.76 Å². The molecular formula is C12H12ClNO3. The molecule has 0 bridgehead atoms. The first-order chi connectivity index (χ1) is 8.13. The SMILES string of the molecule is CCCCn1c(=O)oc2cc(Cl)ccc2c1=O. The van der Waals surface area contributed by atoms with Gasteiger partial charge in [0, 0.05) is 17.6 Å². The van der Waals surface area contributed by atoms with Crippen molar-refractivity contribution >= 4 is 22.6 Å². The zero-order chi connectivity index (χ0) is 12.4. The van der Waals surface area contributed by atoms with Crippen molar-refractivity contribution in [3.63, 3.8) is 0 Å². The van der Waals surface area contributed by atoms with Crippen LogP contribution >= 0.6 is 11.6 Å². The molecule has 0 saturated carbocycles. The van der Waals surface area contributed by atoms with Gasteiger partial charge in [-0.3, -0.25) is 4.79 Å². The smallest absolute Gasteiger partial charge is 0.409 e. The quantitative estimate of drug-likeness (QED) is 0.844. The van der Waals surface area contributed by atoms with Crippen LogP contribution in [0.2, 0.25) is 5.02 Å². The van der Waals surface area contributed by atoms with Gasteiger partial charge in [-0.25, -0.2) is 9.36 Å². The minimum absolute atomic E-state index is 0.236. The van der Waals surface area contributed by atoms with Crippen LogP contribution in [0.15, 0.2) is 32.2 Å². The monoisotopic (exact) mass is 253 g/mol. The Bertz CT molecular complexity index is 657. The van der Waals surface area contributed by atoms with Crippen molar-refractivity contribution in [1.82, 2.24) is 4.57 Å². The second-order valence-electron chi connectivity index (χ2n) is 3.82. The maximum Gasteiger partial charge on any atom is 0.422 e. The summed E-state index contributed by atoms with van der Waals surface area (Å²) < 4.78 is 6.20. The van der Waals surface area contributed by atoms with E-state index in [1.165, 1.54) is 6.07 Å². The molecule has 0 unspecified atom stereocenters. The van der Waals surface area contributed by atoms with Gasteiger partial charge in [-0.1, -0.05) is 24.9 Å². The molecule has 0 fully saturated rings. The van der Waals surface area contributed by atoms with Crippen molar-refractivity contribution in [2.24, 2.45) is 0 Å². The summed E-state index contributed by atoms with van der Waals surface area (Å²) in [5.41, 5.74) is -0.0818. The van der Waals surface area contributed by atoms with E-state index in [9.17, 15) is 9.59 Å². The molecule has 0 aliphatic rings. The number of rotatable bonds is 3. The summed E-state index contributed by atoms with van der Waals surface area (Å²) in [6.07, 6.45) is 1.67. The molecule has 17 heavy (non-hydrogen) atoms. The molecule has 1 aromatic heterocycles. The van der Waals surface area contributed by atoms with Crippen LogP contribution in [0.5, 0.6) is 0 Å². The number of fused-ring (bicyclic) bond motifs is 1. The molecule has 0 amide bonds. The van der Waals surface area contributed by atoms with Gasteiger partial charge in [0.2, 0.25) is 0 Å². The highest BCUT2D eigenvalue weighted by atomic mass is 35.5. The van der Waals surface area contributed by atoms with Crippen LogP contribution < -0.4 is 11.3 Å². The molecule has 1 aromatic carbocycles. The predicted octanol–water partition coefficient (Wildman–Crippen LogP) is 2.41. The fraction of sp³-hybridized carbons (Fsp3) is 0.333. The first-order valence-corrected chi connectivity index (χ1v) is 5.84. The standard InChI is InChI=1S/C12H12ClNO3/c1-2-3-6-14-11(15)9-5-4-8(13)7-10(9)17-12(14)16/h4-5,7H,2-3,6H2,1H3. The average Bonchev–Trinajstić information content (AvgIpc) is 2.28. The summed E-state index contributed by atoms with van der Waals surface area (Å²) >= 11 is 5.78. The molecule has 0 spiro atoms. The van der Waals surface area contributed by atoms with Crippen molar-refractivity contribution in [3.8, 4) is 0 Å². The van der Waals surface area contributed by atoms with E-state index in [1.807, 2.05) is 6.92 Å². The molecule has 90 valence electrons. The molecule has 2 rings (SSSR count). The highest BCUT2D eigenvalue weighted by molar-refractivity contribution is 6.31. The van der Waals surface area contributed by atoms with Crippen LogP contribution in [-0.2, 0) is 6.54 Å². The van der Waals surface area contributed by atoms with E-state index in [0.29, 0.717) is 17.0 Å². The second kappa shape index (κ2) is 4.75. The van der Waals surface area contributed by atoms with E-state index >= 15 is 0 Å². The fourth-order valence-electron chi connectivity index (χ4n) is 1.64. The Balaban J connectivity index is 2.68. The number of unbranched alkanes of at least 4 members (excludes halogenated alkanes) is 1. The zero-order valence-electron chi connectivity index (χ0n) is 9.40. The maximum atomic E-state index is 12.0. The van der Waals surface area contributed by atoms with Crippen LogP contribution in [0.1, 0.15) is 19.8 Å². The number of nitrogens with zero attached hydrogens (tertiary/aromatic N) is 1. The summed E-state index contributed by atoms with van der Waals surface area (Å²) in [6, 6.07) is 4.66. The van der Waals surface area contributed by atoms with Crippen molar-refractivity contribution in [2.45, 2.75) is 26.3 Å². The van der Waals surface area contributed by atoms with E-state index in [4.69, 9.17) is 16.0 Å². The first kappa shape index (κ1) is 11.9. The van der Waals surface area contributed by atoms with Crippen LogP contribution in [0.3, 0.4) is 0 Å². The van der Waals surface area contributed by atoms with Gasteiger partial charge in [-0.15, -0.1) is 0 Å². The second-order valence-corrected chi connectivity index (χ2v) is 4.26. The molecule has 4 nitrogen and oxygen atoms in total. The molecule has 5 heteroatoms. The summed E-state index contributed by atoms with van der Waals surface area (Å²) in [6.45, 7) is 2.38. The summed E-state index contributed by atoms with van der Waals surface area (Å²) in [4.78, 5) is 23.7. The highest BCUT2D eigenvalue weighted by Gasteiger charge is 2.09. The van der Waals surface area contributed by atoms with Gasteiger partial charge in [0.15, 0.2) is 0 Å². The Labute approximate surface area is 102 Å². The molecule has 0 radical (unpaired) electrons. The Morgan fingerprint density at radius 3 is 2.82 bits per heavy atom. The normalized spacial score (nSPS) is 10.9. The van der Waals surface area contributed by atoms with Crippen LogP contribution in [0.4, 0.5) is 0 Å². The zero-order valence-corrected chi connectivity index (χ0v) is 10.2. The average molecular weight is 254 g/mol. The summed E-state index contributed by atoms with van der Waals surface area (Å²) in [5.74, 6) is -0.627. The van der Waals surface area contributed by atoms with Gasteiger partial charge in [-0.2, -0.15) is 0 Å². The predicted molar refractivity (Wildman–Crippen MR) is 66.7 cm³/mol. The van der Waals surface area contributed by atoms with Gasteiger partial charge < -0.3 is 4.42 Å². The molecule has 0 aliphatic carbocycles. The number of benzene rings is 1. The van der Waals surface area contributed by atoms with Gasteiger partial charge in [0.25, 0.3) is 5.56 Å². The lowest BCUT2D eigenvalue weighted by atomic mass is 10.2. The van der Waals surface area contributed by atoms with Gasteiger partial charge >= 0.3 is 5.76 Å². The van der Waals surface area contributed by atoms with Crippen molar-refractivity contribution in [2.75, 3.05) is 0 Å². The van der Waals surface area contributed by atoms with Crippen LogP contribution in [-0.4, -0.2) is 4.57 Å². The minimum Gasteiger partial charge on any atom is -0.409 e. The Morgan fingerprint density at radius 2 is 2.12 bits per heavy atom. The molecule has 0 atom stereocenters. The van der Waals surface area contributed by atoms with Crippen molar-refractivity contribution in [1.29, 1.82) is 0 Å².